The van der Waals surface area contributed by atoms with Gasteiger partial charge in [-0.1, -0.05) is 26.0 Å². The SMILES string of the molecule is CC.FC(F)(F)c1cnc2ccccc2n1. The number of alkyl halides is 3. The smallest absolute Gasteiger partial charge is 0.252 e. The summed E-state index contributed by atoms with van der Waals surface area (Å²) in [4.78, 5) is 7.12. The third-order valence-electron chi connectivity index (χ3n) is 1.74. The van der Waals surface area contributed by atoms with Gasteiger partial charge in [0.15, 0.2) is 5.69 Å². The van der Waals surface area contributed by atoms with Gasteiger partial charge in [0, 0.05) is 0 Å². The number of benzene rings is 1. The molecule has 0 saturated heterocycles. The van der Waals surface area contributed by atoms with E-state index in [1.54, 1.807) is 18.2 Å². The molecule has 0 atom stereocenters. The molecule has 86 valence electrons. The number of nitrogens with zero attached hydrogens (tertiary/aromatic N) is 2. The van der Waals surface area contributed by atoms with Gasteiger partial charge in [-0.2, -0.15) is 13.2 Å². The number of halogens is 3. The van der Waals surface area contributed by atoms with E-state index in [1.165, 1.54) is 6.07 Å². The highest BCUT2D eigenvalue weighted by Gasteiger charge is 2.32. The molecule has 0 saturated carbocycles. The fourth-order valence-corrected chi connectivity index (χ4v) is 1.09. The van der Waals surface area contributed by atoms with Crippen molar-refractivity contribution in [2.75, 3.05) is 0 Å². The van der Waals surface area contributed by atoms with E-state index in [2.05, 4.69) is 9.97 Å². The van der Waals surface area contributed by atoms with Crippen LogP contribution in [0.1, 0.15) is 19.5 Å². The zero-order chi connectivity index (χ0) is 12.2. The van der Waals surface area contributed by atoms with Gasteiger partial charge in [-0.3, -0.25) is 4.98 Å². The van der Waals surface area contributed by atoms with Gasteiger partial charge >= 0.3 is 6.18 Å². The molecule has 16 heavy (non-hydrogen) atoms. The molecule has 0 spiro atoms. The number of fused-ring (bicyclic) bond motifs is 1. The maximum atomic E-state index is 12.2. The Morgan fingerprint density at radius 3 is 2.12 bits per heavy atom. The van der Waals surface area contributed by atoms with Crippen molar-refractivity contribution in [3.8, 4) is 0 Å². The van der Waals surface area contributed by atoms with E-state index in [0.29, 0.717) is 5.52 Å². The predicted molar refractivity (Wildman–Crippen MR) is 55.9 cm³/mol. The number of aromatic nitrogens is 2. The normalized spacial score (nSPS) is 10.8. The van der Waals surface area contributed by atoms with E-state index in [-0.39, 0.29) is 5.52 Å². The quantitative estimate of drug-likeness (QED) is 0.687. The van der Waals surface area contributed by atoms with Gasteiger partial charge in [0.2, 0.25) is 0 Å². The Hall–Kier alpha value is -1.65. The van der Waals surface area contributed by atoms with E-state index in [1.807, 2.05) is 13.8 Å². The van der Waals surface area contributed by atoms with Crippen molar-refractivity contribution in [3.63, 3.8) is 0 Å². The molecule has 0 N–H and O–H groups in total. The van der Waals surface area contributed by atoms with Crippen LogP contribution in [0.4, 0.5) is 13.2 Å². The summed E-state index contributed by atoms with van der Waals surface area (Å²) in [7, 11) is 0. The lowest BCUT2D eigenvalue weighted by atomic mass is 10.3. The largest absolute Gasteiger partial charge is 0.434 e. The van der Waals surface area contributed by atoms with Crippen LogP contribution >= 0.6 is 0 Å². The molecule has 1 aromatic carbocycles. The molecular weight excluding hydrogens is 217 g/mol. The molecule has 2 nitrogen and oxygen atoms in total. The van der Waals surface area contributed by atoms with Gasteiger partial charge in [-0.25, -0.2) is 4.98 Å². The highest BCUT2D eigenvalue weighted by atomic mass is 19.4. The number of rotatable bonds is 0. The van der Waals surface area contributed by atoms with Gasteiger partial charge in [-0.05, 0) is 12.1 Å². The molecule has 0 unspecified atom stereocenters. The Morgan fingerprint density at radius 2 is 1.56 bits per heavy atom. The van der Waals surface area contributed by atoms with E-state index in [9.17, 15) is 13.2 Å². The molecule has 0 aliphatic heterocycles. The molecule has 0 aliphatic rings. The van der Waals surface area contributed by atoms with Gasteiger partial charge in [0.25, 0.3) is 0 Å². The highest BCUT2D eigenvalue weighted by molar-refractivity contribution is 5.73. The minimum Gasteiger partial charge on any atom is -0.252 e. The minimum atomic E-state index is -4.43. The summed E-state index contributed by atoms with van der Waals surface area (Å²) in [6, 6.07) is 6.43. The Morgan fingerprint density at radius 1 is 1.00 bits per heavy atom. The van der Waals surface area contributed by atoms with E-state index in [4.69, 9.17) is 0 Å². The van der Waals surface area contributed by atoms with Crippen LogP contribution in [0.3, 0.4) is 0 Å². The molecule has 0 aliphatic carbocycles. The number of hydrogen-bond acceptors (Lipinski definition) is 2. The molecule has 1 heterocycles. The van der Waals surface area contributed by atoms with Crippen molar-refractivity contribution in [3.05, 3.63) is 36.2 Å². The maximum absolute atomic E-state index is 12.2. The maximum Gasteiger partial charge on any atom is 0.434 e. The highest BCUT2D eigenvalue weighted by Crippen LogP contribution is 2.27. The van der Waals surface area contributed by atoms with Crippen LogP contribution < -0.4 is 0 Å². The lowest BCUT2D eigenvalue weighted by Crippen LogP contribution is -2.08. The molecule has 1 aromatic heterocycles. The third-order valence-corrected chi connectivity index (χ3v) is 1.74. The van der Waals surface area contributed by atoms with Crippen LogP contribution in [0.15, 0.2) is 30.5 Å². The summed E-state index contributed by atoms with van der Waals surface area (Å²) in [6.07, 6.45) is -3.70. The van der Waals surface area contributed by atoms with E-state index < -0.39 is 11.9 Å². The topological polar surface area (TPSA) is 25.8 Å². The Bertz CT molecular complexity index is 466. The summed E-state index contributed by atoms with van der Waals surface area (Å²) in [5.41, 5.74) is -0.251. The van der Waals surface area contributed by atoms with Crippen molar-refractivity contribution < 1.29 is 13.2 Å². The zero-order valence-electron chi connectivity index (χ0n) is 8.92. The fraction of sp³-hybridized carbons (Fsp3) is 0.273. The average Bonchev–Trinajstić information content (AvgIpc) is 2.30. The van der Waals surface area contributed by atoms with Crippen molar-refractivity contribution >= 4 is 11.0 Å². The second kappa shape index (κ2) is 4.92. The van der Waals surface area contributed by atoms with Gasteiger partial charge in [0.1, 0.15) is 0 Å². The summed E-state index contributed by atoms with van der Waals surface area (Å²) < 4.78 is 36.6. The summed E-state index contributed by atoms with van der Waals surface area (Å²) in [5, 5.41) is 0. The molecule has 0 fully saturated rings. The van der Waals surface area contributed by atoms with Gasteiger partial charge in [-0.15, -0.1) is 0 Å². The van der Waals surface area contributed by atoms with Crippen molar-refractivity contribution in [2.45, 2.75) is 20.0 Å². The monoisotopic (exact) mass is 228 g/mol. The van der Waals surface area contributed by atoms with Crippen molar-refractivity contribution in [2.24, 2.45) is 0 Å². The van der Waals surface area contributed by atoms with Crippen LogP contribution in [0.25, 0.3) is 11.0 Å². The first-order chi connectivity index (χ1) is 7.57. The first-order valence-electron chi connectivity index (χ1n) is 4.86. The molecule has 5 heteroatoms. The first-order valence-corrected chi connectivity index (χ1v) is 4.86. The summed E-state index contributed by atoms with van der Waals surface area (Å²) in [5.74, 6) is 0. The Balaban J connectivity index is 0.000000606. The standard InChI is InChI=1S/C9H5F3N2.C2H6/c10-9(11,12)8-5-13-6-3-1-2-4-7(6)14-8;1-2/h1-5H;1-2H3. The molecule has 0 radical (unpaired) electrons. The van der Waals surface area contributed by atoms with Crippen molar-refractivity contribution in [1.82, 2.24) is 9.97 Å². The fourth-order valence-electron chi connectivity index (χ4n) is 1.09. The average molecular weight is 228 g/mol. The summed E-state index contributed by atoms with van der Waals surface area (Å²) >= 11 is 0. The van der Waals surface area contributed by atoms with Gasteiger partial charge in [0.05, 0.1) is 17.2 Å². The molecule has 2 aromatic rings. The van der Waals surface area contributed by atoms with Crippen LogP contribution in [0, 0.1) is 0 Å². The number of hydrogen-bond donors (Lipinski definition) is 0. The van der Waals surface area contributed by atoms with E-state index in [0.717, 1.165) is 6.20 Å². The Kier molecular flexibility index (Phi) is 3.82. The predicted octanol–water partition coefficient (Wildman–Crippen LogP) is 3.67. The van der Waals surface area contributed by atoms with Crippen LogP contribution in [-0.4, -0.2) is 9.97 Å². The summed E-state index contributed by atoms with van der Waals surface area (Å²) in [6.45, 7) is 4.00. The lowest BCUT2D eigenvalue weighted by molar-refractivity contribution is -0.141. The van der Waals surface area contributed by atoms with Crippen LogP contribution in [0.2, 0.25) is 0 Å². The molecule has 0 amide bonds. The Labute approximate surface area is 91.1 Å². The van der Waals surface area contributed by atoms with Crippen molar-refractivity contribution in [1.29, 1.82) is 0 Å². The molecule has 2 rings (SSSR count). The van der Waals surface area contributed by atoms with E-state index >= 15 is 0 Å². The second-order valence-corrected chi connectivity index (χ2v) is 2.74. The van der Waals surface area contributed by atoms with Crippen LogP contribution in [0.5, 0.6) is 0 Å². The zero-order valence-corrected chi connectivity index (χ0v) is 8.92. The number of para-hydroxylation sites is 2. The third kappa shape index (κ3) is 2.68. The first kappa shape index (κ1) is 12.4. The van der Waals surface area contributed by atoms with Crippen LogP contribution in [-0.2, 0) is 6.18 Å². The van der Waals surface area contributed by atoms with Gasteiger partial charge < -0.3 is 0 Å². The molecule has 0 bridgehead atoms. The lowest BCUT2D eigenvalue weighted by Gasteiger charge is -2.05. The second-order valence-electron chi connectivity index (χ2n) is 2.74. The minimum absolute atomic E-state index is 0.252. The molecular formula is C11H11F3N2.